The molecule has 0 heterocycles. The highest BCUT2D eigenvalue weighted by molar-refractivity contribution is 5.84. The van der Waals surface area contributed by atoms with E-state index in [1.807, 2.05) is 12.1 Å². The van der Waals surface area contributed by atoms with E-state index in [1.54, 1.807) is 30.3 Å². The number of hydrogen-bond donors (Lipinski definition) is 4. The molecule has 0 atom stereocenters. The fourth-order valence-electron chi connectivity index (χ4n) is 3.88. The monoisotopic (exact) mass is 482 g/mol. The number of unbranched alkanes of at least 4 members (excludes halogenated alkanes) is 9. The first-order valence-corrected chi connectivity index (χ1v) is 12.7. The Kier molecular flexibility index (Phi) is 16.2. The Hall–Kier alpha value is -3.28. The molecule has 0 aromatic heterocycles. The molecule has 0 saturated heterocycles. The Morgan fingerprint density at radius 1 is 0.686 bits per heavy atom. The first kappa shape index (κ1) is 29.8. The topological polar surface area (TPSA) is 106 Å². The lowest BCUT2D eigenvalue weighted by Gasteiger charge is -2.07. The summed E-state index contributed by atoms with van der Waals surface area (Å²) in [6, 6.07) is 10.8. The first-order chi connectivity index (χ1) is 17.1. The van der Waals surface area contributed by atoms with Crippen molar-refractivity contribution >= 4 is 12.4 Å². The fourth-order valence-corrected chi connectivity index (χ4v) is 3.88. The van der Waals surface area contributed by atoms with Gasteiger partial charge in [-0.25, -0.2) is 0 Å². The molecule has 0 spiro atoms. The zero-order chi connectivity index (χ0) is 25.7. The minimum Gasteiger partial charge on any atom is -0.507 e. The zero-order valence-electron chi connectivity index (χ0n) is 21.1. The number of aryl methyl sites for hydroxylation is 1. The summed E-state index contributed by atoms with van der Waals surface area (Å²) in [4.78, 5) is 0. The Labute approximate surface area is 210 Å². The van der Waals surface area contributed by atoms with Crippen LogP contribution in [0.25, 0.3) is 0 Å². The Morgan fingerprint density at radius 2 is 1.14 bits per heavy atom. The molecule has 2 rings (SSSR count). The third-order valence-electron chi connectivity index (χ3n) is 5.86. The van der Waals surface area contributed by atoms with Crippen molar-refractivity contribution in [2.75, 3.05) is 0 Å². The first-order valence-electron chi connectivity index (χ1n) is 12.7. The van der Waals surface area contributed by atoms with Gasteiger partial charge in [-0.3, -0.25) is 0 Å². The van der Waals surface area contributed by atoms with Gasteiger partial charge in [0.25, 0.3) is 0 Å². The summed E-state index contributed by atoms with van der Waals surface area (Å²) in [7, 11) is 0. The molecule has 0 amide bonds. The highest BCUT2D eigenvalue weighted by Gasteiger charge is 2.05. The summed E-state index contributed by atoms with van der Waals surface area (Å²) < 4.78 is 0. The van der Waals surface area contributed by atoms with Gasteiger partial charge < -0.3 is 20.6 Å². The van der Waals surface area contributed by atoms with E-state index in [0.717, 1.165) is 24.0 Å². The normalized spacial score (nSPS) is 11.0. The molecule has 6 heteroatoms. The quantitative estimate of drug-likeness (QED) is 0.0689. The Morgan fingerprint density at radius 3 is 1.63 bits per heavy atom. The van der Waals surface area contributed by atoms with Crippen molar-refractivity contribution < 1.29 is 20.6 Å². The lowest BCUT2D eigenvalue weighted by Crippen LogP contribution is -1.91. The standard InChI is InChI=1S/C19H31NO2.C10H11NO2/c1-2-3-4-5-6-7-8-9-10-11-13-17-14-12-15-18(16-20-22)19(17)21;1-2-4-8-5-3-6-9(7-11-13)10(8)12/h12,14-16,21-22H,2-11,13H2,1H3;2-3,5-7,12-13H,1,4H2/b20-16-;11-7-. The molecular weight excluding hydrogens is 440 g/mol. The van der Waals surface area contributed by atoms with Crippen LogP contribution in [-0.2, 0) is 12.8 Å². The van der Waals surface area contributed by atoms with Crippen LogP contribution in [0.4, 0.5) is 0 Å². The van der Waals surface area contributed by atoms with Gasteiger partial charge in [0.2, 0.25) is 0 Å². The molecule has 2 aromatic rings. The number of phenols is 2. The number of hydrogen-bond acceptors (Lipinski definition) is 6. The fraction of sp³-hybridized carbons (Fsp3) is 0.448. The summed E-state index contributed by atoms with van der Waals surface area (Å²) in [5.41, 5.74) is 2.79. The van der Waals surface area contributed by atoms with Crippen molar-refractivity contribution in [3.05, 3.63) is 71.3 Å². The molecule has 0 aliphatic carbocycles. The molecule has 0 fully saturated rings. The van der Waals surface area contributed by atoms with Gasteiger partial charge >= 0.3 is 0 Å². The zero-order valence-corrected chi connectivity index (χ0v) is 21.1. The SMILES string of the molecule is C=CCc1cccc(/C=N\O)c1O.CCCCCCCCCCCCc1cccc(/C=N\O)c1O. The smallest absolute Gasteiger partial charge is 0.127 e. The van der Waals surface area contributed by atoms with E-state index < -0.39 is 0 Å². The lowest BCUT2D eigenvalue weighted by molar-refractivity contribution is 0.321. The number of aromatic hydroxyl groups is 2. The molecular formula is C29H42N2O4. The molecule has 0 aliphatic rings. The second-order valence-corrected chi connectivity index (χ2v) is 8.62. The highest BCUT2D eigenvalue weighted by atomic mass is 16.4. The number of rotatable bonds is 15. The van der Waals surface area contributed by atoms with E-state index in [-0.39, 0.29) is 11.5 Å². The summed E-state index contributed by atoms with van der Waals surface area (Å²) in [6.07, 6.45) is 18.8. The number of phenolic OH excluding ortho intramolecular Hbond substituents is 2. The summed E-state index contributed by atoms with van der Waals surface area (Å²) in [5.74, 6) is 0.386. The van der Waals surface area contributed by atoms with E-state index in [0.29, 0.717) is 17.5 Å². The van der Waals surface area contributed by atoms with E-state index in [1.165, 1.54) is 70.2 Å². The van der Waals surface area contributed by atoms with Crippen molar-refractivity contribution in [2.24, 2.45) is 10.3 Å². The van der Waals surface area contributed by atoms with Gasteiger partial charge in [0, 0.05) is 11.1 Å². The second kappa shape index (κ2) is 19.1. The van der Waals surface area contributed by atoms with Gasteiger partial charge in [-0.1, -0.05) is 105 Å². The number of allylic oxidation sites excluding steroid dienone is 1. The van der Waals surface area contributed by atoms with E-state index in [9.17, 15) is 10.2 Å². The van der Waals surface area contributed by atoms with Crippen LogP contribution in [0.2, 0.25) is 0 Å². The molecule has 0 bridgehead atoms. The van der Waals surface area contributed by atoms with Crippen LogP contribution in [0.3, 0.4) is 0 Å². The number of para-hydroxylation sites is 2. The predicted molar refractivity (Wildman–Crippen MR) is 144 cm³/mol. The molecule has 6 nitrogen and oxygen atoms in total. The van der Waals surface area contributed by atoms with Crippen molar-refractivity contribution in [3.8, 4) is 11.5 Å². The van der Waals surface area contributed by atoms with Gasteiger partial charge in [0.1, 0.15) is 11.5 Å². The number of oxime groups is 2. The maximum absolute atomic E-state index is 10.1. The van der Waals surface area contributed by atoms with Crippen molar-refractivity contribution in [3.63, 3.8) is 0 Å². The van der Waals surface area contributed by atoms with Gasteiger partial charge in [0.05, 0.1) is 12.4 Å². The minimum atomic E-state index is 0.139. The number of nitrogens with zero attached hydrogens (tertiary/aromatic N) is 2. The average molecular weight is 483 g/mol. The molecule has 4 N–H and O–H groups in total. The van der Waals surface area contributed by atoms with Crippen LogP contribution in [0.1, 0.15) is 93.4 Å². The van der Waals surface area contributed by atoms with Crippen LogP contribution in [-0.4, -0.2) is 33.1 Å². The van der Waals surface area contributed by atoms with Crippen molar-refractivity contribution in [1.82, 2.24) is 0 Å². The molecule has 0 aliphatic heterocycles. The molecule has 0 saturated carbocycles. The molecule has 192 valence electrons. The largest absolute Gasteiger partial charge is 0.507 e. The van der Waals surface area contributed by atoms with Gasteiger partial charge in [0.15, 0.2) is 0 Å². The third kappa shape index (κ3) is 12.1. The van der Waals surface area contributed by atoms with E-state index in [2.05, 4.69) is 23.8 Å². The minimum absolute atomic E-state index is 0.139. The molecule has 0 radical (unpaired) electrons. The summed E-state index contributed by atoms with van der Waals surface area (Å²) >= 11 is 0. The van der Waals surface area contributed by atoms with Crippen LogP contribution in [0.15, 0.2) is 59.4 Å². The molecule has 35 heavy (non-hydrogen) atoms. The molecule has 0 unspecified atom stereocenters. The van der Waals surface area contributed by atoms with Gasteiger partial charge in [-0.05, 0) is 42.5 Å². The summed E-state index contributed by atoms with van der Waals surface area (Å²) in [5, 5.41) is 42.4. The predicted octanol–water partition coefficient (Wildman–Crippen LogP) is 7.59. The molecule has 2 aromatic carbocycles. The van der Waals surface area contributed by atoms with Crippen LogP contribution in [0, 0.1) is 0 Å². The van der Waals surface area contributed by atoms with Crippen molar-refractivity contribution in [2.45, 2.75) is 84.0 Å². The lowest BCUT2D eigenvalue weighted by atomic mass is 10.0. The number of benzene rings is 2. The maximum Gasteiger partial charge on any atom is 0.127 e. The summed E-state index contributed by atoms with van der Waals surface area (Å²) in [6.45, 7) is 5.83. The van der Waals surface area contributed by atoms with E-state index in [4.69, 9.17) is 10.4 Å². The Bertz CT molecular complexity index is 910. The van der Waals surface area contributed by atoms with E-state index >= 15 is 0 Å². The maximum atomic E-state index is 10.1. The highest BCUT2D eigenvalue weighted by Crippen LogP contribution is 2.23. The van der Waals surface area contributed by atoms with Gasteiger partial charge in [-0.2, -0.15) is 0 Å². The second-order valence-electron chi connectivity index (χ2n) is 8.62. The average Bonchev–Trinajstić information content (AvgIpc) is 2.86. The third-order valence-corrected chi connectivity index (χ3v) is 5.86. The van der Waals surface area contributed by atoms with Crippen molar-refractivity contribution in [1.29, 1.82) is 0 Å². The van der Waals surface area contributed by atoms with Gasteiger partial charge in [-0.15, -0.1) is 6.58 Å². The van der Waals surface area contributed by atoms with Crippen LogP contribution < -0.4 is 0 Å². The van der Waals surface area contributed by atoms with Crippen LogP contribution in [0.5, 0.6) is 11.5 Å². The van der Waals surface area contributed by atoms with Crippen LogP contribution >= 0.6 is 0 Å². The Balaban J connectivity index is 0.000000400.